The van der Waals surface area contributed by atoms with Crippen molar-refractivity contribution in [3.8, 4) is 0 Å². The van der Waals surface area contributed by atoms with Crippen LogP contribution in [0.3, 0.4) is 0 Å². The average Bonchev–Trinajstić information content (AvgIpc) is 2.17. The summed E-state index contributed by atoms with van der Waals surface area (Å²) >= 11 is 0. The molecule has 0 spiro atoms. The molecule has 0 aromatic heterocycles. The Morgan fingerprint density at radius 2 is 2.20 bits per heavy atom. The SMILES string of the molecule is CCC1(C)CC(NCCC(C)C)CCO1. The largest absolute Gasteiger partial charge is 0.375 e. The Labute approximate surface area is 94.8 Å². The minimum Gasteiger partial charge on any atom is -0.375 e. The fraction of sp³-hybridized carbons (Fsp3) is 1.00. The summed E-state index contributed by atoms with van der Waals surface area (Å²) in [4.78, 5) is 0. The molecule has 1 aliphatic rings. The van der Waals surface area contributed by atoms with Crippen LogP contribution in [0.25, 0.3) is 0 Å². The second kappa shape index (κ2) is 5.86. The van der Waals surface area contributed by atoms with Crippen molar-refractivity contribution in [1.29, 1.82) is 0 Å². The molecule has 1 saturated heterocycles. The lowest BCUT2D eigenvalue weighted by molar-refractivity contribution is -0.0779. The maximum Gasteiger partial charge on any atom is 0.0666 e. The molecule has 1 fully saturated rings. The standard InChI is InChI=1S/C13H27NO/c1-5-13(4)10-12(7-9-15-13)14-8-6-11(2)3/h11-12,14H,5-10H2,1-4H3. The average molecular weight is 213 g/mol. The zero-order valence-electron chi connectivity index (χ0n) is 10.8. The van der Waals surface area contributed by atoms with Gasteiger partial charge < -0.3 is 10.1 Å². The summed E-state index contributed by atoms with van der Waals surface area (Å²) in [5, 5.41) is 3.66. The first kappa shape index (κ1) is 13.0. The van der Waals surface area contributed by atoms with Crippen molar-refractivity contribution in [2.45, 2.75) is 65.0 Å². The third-order valence-electron chi connectivity index (χ3n) is 3.50. The molecule has 2 heteroatoms. The van der Waals surface area contributed by atoms with Crippen molar-refractivity contribution in [3.63, 3.8) is 0 Å². The third kappa shape index (κ3) is 4.52. The van der Waals surface area contributed by atoms with Crippen LogP contribution in [0.5, 0.6) is 0 Å². The predicted molar refractivity (Wildman–Crippen MR) is 65.1 cm³/mol. The molecule has 0 bridgehead atoms. The zero-order chi connectivity index (χ0) is 11.3. The van der Waals surface area contributed by atoms with E-state index in [1.165, 1.54) is 19.3 Å². The molecule has 1 aliphatic heterocycles. The third-order valence-corrected chi connectivity index (χ3v) is 3.50. The molecule has 1 rings (SSSR count). The van der Waals surface area contributed by atoms with Gasteiger partial charge in [0.25, 0.3) is 0 Å². The maximum absolute atomic E-state index is 5.83. The van der Waals surface area contributed by atoms with Crippen molar-refractivity contribution in [2.75, 3.05) is 13.2 Å². The maximum atomic E-state index is 5.83. The fourth-order valence-electron chi connectivity index (χ4n) is 2.13. The van der Waals surface area contributed by atoms with Gasteiger partial charge in [-0.3, -0.25) is 0 Å². The minimum atomic E-state index is 0.119. The predicted octanol–water partition coefficient (Wildman–Crippen LogP) is 2.97. The van der Waals surface area contributed by atoms with Gasteiger partial charge in [0.05, 0.1) is 5.60 Å². The molecule has 0 aromatic rings. The van der Waals surface area contributed by atoms with Crippen LogP contribution in [-0.2, 0) is 4.74 Å². The Hall–Kier alpha value is -0.0800. The summed E-state index contributed by atoms with van der Waals surface area (Å²) in [6.45, 7) is 11.1. The number of hydrogen-bond donors (Lipinski definition) is 1. The highest BCUT2D eigenvalue weighted by Gasteiger charge is 2.31. The van der Waals surface area contributed by atoms with Gasteiger partial charge in [0, 0.05) is 12.6 Å². The highest BCUT2D eigenvalue weighted by atomic mass is 16.5. The van der Waals surface area contributed by atoms with E-state index in [4.69, 9.17) is 4.74 Å². The molecule has 0 radical (unpaired) electrons. The number of ether oxygens (including phenoxy) is 1. The van der Waals surface area contributed by atoms with Crippen LogP contribution in [0, 0.1) is 5.92 Å². The molecule has 90 valence electrons. The van der Waals surface area contributed by atoms with Gasteiger partial charge in [-0.15, -0.1) is 0 Å². The Bertz CT molecular complexity index is 181. The zero-order valence-corrected chi connectivity index (χ0v) is 10.8. The van der Waals surface area contributed by atoms with Gasteiger partial charge in [0.2, 0.25) is 0 Å². The lowest BCUT2D eigenvalue weighted by Gasteiger charge is -2.38. The first-order valence-corrected chi connectivity index (χ1v) is 6.43. The van der Waals surface area contributed by atoms with Gasteiger partial charge in [0.1, 0.15) is 0 Å². The lowest BCUT2D eigenvalue weighted by Crippen LogP contribution is -2.45. The number of hydrogen-bond acceptors (Lipinski definition) is 2. The van der Waals surface area contributed by atoms with Crippen molar-refractivity contribution >= 4 is 0 Å². The van der Waals surface area contributed by atoms with Crippen molar-refractivity contribution < 1.29 is 4.74 Å². The van der Waals surface area contributed by atoms with E-state index in [9.17, 15) is 0 Å². The Morgan fingerprint density at radius 3 is 2.80 bits per heavy atom. The van der Waals surface area contributed by atoms with Crippen molar-refractivity contribution in [2.24, 2.45) is 5.92 Å². The molecule has 1 N–H and O–H groups in total. The van der Waals surface area contributed by atoms with Gasteiger partial charge in [0.15, 0.2) is 0 Å². The van der Waals surface area contributed by atoms with E-state index in [1.54, 1.807) is 0 Å². The topological polar surface area (TPSA) is 21.3 Å². The summed E-state index contributed by atoms with van der Waals surface area (Å²) in [6.07, 6.45) is 4.74. The molecule has 0 amide bonds. The summed E-state index contributed by atoms with van der Waals surface area (Å²) in [6, 6.07) is 0.669. The monoisotopic (exact) mass is 213 g/mol. The highest BCUT2D eigenvalue weighted by Crippen LogP contribution is 2.27. The van der Waals surface area contributed by atoms with Crippen LogP contribution in [0.4, 0.5) is 0 Å². The highest BCUT2D eigenvalue weighted by molar-refractivity contribution is 4.85. The number of nitrogens with one attached hydrogen (secondary N) is 1. The van der Waals surface area contributed by atoms with Gasteiger partial charge in [-0.2, -0.15) is 0 Å². The number of rotatable bonds is 5. The van der Waals surface area contributed by atoms with E-state index in [2.05, 4.69) is 33.0 Å². The molecular formula is C13H27NO. The van der Waals surface area contributed by atoms with Crippen LogP contribution in [0.1, 0.15) is 53.4 Å². The Morgan fingerprint density at radius 1 is 1.47 bits per heavy atom. The smallest absolute Gasteiger partial charge is 0.0666 e. The second-order valence-corrected chi connectivity index (χ2v) is 5.48. The van der Waals surface area contributed by atoms with E-state index in [0.29, 0.717) is 6.04 Å². The first-order chi connectivity index (χ1) is 7.06. The molecule has 2 atom stereocenters. The fourth-order valence-corrected chi connectivity index (χ4v) is 2.13. The molecule has 0 aromatic carbocycles. The van der Waals surface area contributed by atoms with Crippen LogP contribution < -0.4 is 5.32 Å². The van der Waals surface area contributed by atoms with E-state index >= 15 is 0 Å². The molecular weight excluding hydrogens is 186 g/mol. The summed E-state index contributed by atoms with van der Waals surface area (Å²) in [7, 11) is 0. The molecule has 0 aliphatic carbocycles. The molecule has 0 saturated carbocycles. The minimum absolute atomic E-state index is 0.119. The van der Waals surface area contributed by atoms with Crippen LogP contribution in [0.2, 0.25) is 0 Å². The van der Waals surface area contributed by atoms with Crippen molar-refractivity contribution in [1.82, 2.24) is 5.32 Å². The first-order valence-electron chi connectivity index (χ1n) is 6.43. The van der Waals surface area contributed by atoms with Gasteiger partial charge in [-0.05, 0) is 45.1 Å². The van der Waals surface area contributed by atoms with Crippen molar-refractivity contribution in [3.05, 3.63) is 0 Å². The van der Waals surface area contributed by atoms with Crippen LogP contribution >= 0.6 is 0 Å². The summed E-state index contributed by atoms with van der Waals surface area (Å²) < 4.78 is 5.83. The summed E-state index contributed by atoms with van der Waals surface area (Å²) in [5.74, 6) is 0.801. The summed E-state index contributed by atoms with van der Waals surface area (Å²) in [5.41, 5.74) is 0.119. The lowest BCUT2D eigenvalue weighted by atomic mass is 9.90. The van der Waals surface area contributed by atoms with E-state index in [1.807, 2.05) is 0 Å². The van der Waals surface area contributed by atoms with Crippen LogP contribution in [-0.4, -0.2) is 24.8 Å². The van der Waals surface area contributed by atoms with Gasteiger partial charge in [-0.25, -0.2) is 0 Å². The van der Waals surface area contributed by atoms with E-state index in [-0.39, 0.29) is 5.60 Å². The molecule has 2 nitrogen and oxygen atoms in total. The van der Waals surface area contributed by atoms with E-state index < -0.39 is 0 Å². The Kier molecular flexibility index (Phi) is 5.07. The molecule has 15 heavy (non-hydrogen) atoms. The quantitative estimate of drug-likeness (QED) is 0.758. The Balaban J connectivity index is 2.24. The van der Waals surface area contributed by atoms with Gasteiger partial charge in [-0.1, -0.05) is 20.8 Å². The van der Waals surface area contributed by atoms with E-state index in [0.717, 1.165) is 25.5 Å². The molecule has 2 unspecified atom stereocenters. The second-order valence-electron chi connectivity index (χ2n) is 5.48. The molecule has 1 heterocycles. The van der Waals surface area contributed by atoms with Crippen LogP contribution in [0.15, 0.2) is 0 Å². The van der Waals surface area contributed by atoms with Gasteiger partial charge >= 0.3 is 0 Å². The normalized spacial score (nSPS) is 32.2.